The van der Waals surface area contributed by atoms with Crippen molar-refractivity contribution >= 4 is 17.5 Å². The number of aliphatic hydroxyl groups excluding tert-OH is 2. The van der Waals surface area contributed by atoms with E-state index in [2.05, 4.69) is 87.2 Å². The first kappa shape index (κ1) is 37.2. The highest BCUT2D eigenvalue weighted by Gasteiger charge is 2.57. The normalized spacial score (nSPS) is 29.5. The number of hydroxylamine groups is 2. The maximum absolute atomic E-state index is 14.1. The average Bonchev–Trinajstić information content (AvgIpc) is 3.40. The number of hydrogen-bond acceptors (Lipinski definition) is 7. The summed E-state index contributed by atoms with van der Waals surface area (Å²) in [6.07, 6.45) is 2.89. The van der Waals surface area contributed by atoms with Crippen molar-refractivity contribution < 1.29 is 19.8 Å². The second-order valence-electron chi connectivity index (χ2n) is 15.8. The smallest absolute Gasteiger partial charge is 0.240 e. The van der Waals surface area contributed by atoms with Gasteiger partial charge in [-0.25, -0.2) is 0 Å². The zero-order valence-electron chi connectivity index (χ0n) is 30.1. The van der Waals surface area contributed by atoms with E-state index in [-0.39, 0.29) is 18.6 Å². The first-order valence-electron chi connectivity index (χ1n) is 18.1. The van der Waals surface area contributed by atoms with Crippen LogP contribution in [0.2, 0.25) is 5.02 Å². The van der Waals surface area contributed by atoms with Gasteiger partial charge in [-0.15, -0.1) is 0 Å². The van der Waals surface area contributed by atoms with Gasteiger partial charge in [0.05, 0.1) is 19.3 Å². The van der Waals surface area contributed by atoms with Gasteiger partial charge in [0.1, 0.15) is 12.1 Å². The van der Waals surface area contributed by atoms with Crippen LogP contribution in [0.5, 0.6) is 0 Å². The summed E-state index contributed by atoms with van der Waals surface area (Å²) in [5.74, 6) is 0.936. The molecule has 2 aromatic rings. The Bertz CT molecular complexity index is 1370. The Hall–Kier alpha value is -2.04. The van der Waals surface area contributed by atoms with E-state index >= 15 is 0 Å². The second-order valence-corrected chi connectivity index (χ2v) is 16.2. The van der Waals surface area contributed by atoms with Gasteiger partial charge in [0.2, 0.25) is 5.91 Å². The molecular formula is C39H59ClN4O4. The molecule has 1 amide bonds. The fraction of sp³-hybridized carbons (Fsp3) is 0.667. The van der Waals surface area contributed by atoms with Crippen molar-refractivity contribution in [1.82, 2.24) is 20.2 Å². The molecule has 8 nitrogen and oxygen atoms in total. The number of nitrogens with zero attached hydrogens (tertiary/aromatic N) is 3. The van der Waals surface area contributed by atoms with Gasteiger partial charge < -0.3 is 20.4 Å². The molecule has 9 atom stereocenters. The summed E-state index contributed by atoms with van der Waals surface area (Å²) in [6.45, 7) is 13.4. The summed E-state index contributed by atoms with van der Waals surface area (Å²) in [6, 6.07) is 16.3. The highest BCUT2D eigenvalue weighted by Crippen LogP contribution is 2.61. The van der Waals surface area contributed by atoms with Crippen LogP contribution in [0, 0.1) is 29.1 Å². The number of carbonyl (C=O) groups excluding carboxylic acids is 1. The zero-order chi connectivity index (χ0) is 34.7. The Labute approximate surface area is 293 Å². The minimum atomic E-state index is -0.823. The minimum absolute atomic E-state index is 0.101. The minimum Gasteiger partial charge on any atom is -0.394 e. The van der Waals surface area contributed by atoms with Crippen molar-refractivity contribution in [2.45, 2.75) is 110 Å². The topological polar surface area (TPSA) is 88.5 Å². The maximum atomic E-state index is 14.1. The monoisotopic (exact) mass is 682 g/mol. The SMILES string of the molecule is CCC[C@@H](CN(C)C)N(Cc1cccc(CN2OC(CO)[C@@H]([C@H](C)O)[C@H]2C(=O)N[C@H]2C[C@H]3C[C@@H]([C@@H]2C)C3(C)C)c1)Cc1ccccc1Cl. The van der Waals surface area contributed by atoms with Gasteiger partial charge >= 0.3 is 0 Å². The third-order valence-electron chi connectivity index (χ3n) is 11.8. The lowest BCUT2D eigenvalue weighted by Crippen LogP contribution is -2.62. The third kappa shape index (κ3) is 8.12. The fourth-order valence-corrected chi connectivity index (χ4v) is 9.22. The molecule has 1 heterocycles. The highest BCUT2D eigenvalue weighted by molar-refractivity contribution is 6.31. The van der Waals surface area contributed by atoms with E-state index in [1.807, 2.05) is 18.2 Å². The summed E-state index contributed by atoms with van der Waals surface area (Å²) < 4.78 is 0. The highest BCUT2D eigenvalue weighted by atomic mass is 35.5. The van der Waals surface area contributed by atoms with Crippen molar-refractivity contribution in [3.05, 3.63) is 70.2 Å². The molecule has 0 radical (unpaired) electrons. The molecule has 3 N–H and O–H groups in total. The lowest BCUT2D eigenvalue weighted by atomic mass is 9.45. The molecule has 0 aromatic heterocycles. The number of fused-ring (bicyclic) bond motifs is 2. The summed E-state index contributed by atoms with van der Waals surface area (Å²) >= 11 is 6.64. The quantitative estimate of drug-likeness (QED) is 0.221. The van der Waals surface area contributed by atoms with Gasteiger partial charge in [-0.2, -0.15) is 5.06 Å². The number of likely N-dealkylation sites (N-methyl/N-ethyl adjacent to an activating group) is 1. The molecule has 266 valence electrons. The van der Waals surface area contributed by atoms with E-state index in [4.69, 9.17) is 16.4 Å². The molecule has 3 saturated carbocycles. The van der Waals surface area contributed by atoms with Gasteiger partial charge in [0.25, 0.3) is 0 Å². The molecule has 3 aliphatic carbocycles. The Morgan fingerprint density at radius 2 is 1.85 bits per heavy atom. The van der Waals surface area contributed by atoms with E-state index in [1.54, 1.807) is 12.0 Å². The molecule has 48 heavy (non-hydrogen) atoms. The van der Waals surface area contributed by atoms with Crippen LogP contribution in [0.15, 0.2) is 48.5 Å². The molecule has 4 fully saturated rings. The van der Waals surface area contributed by atoms with Crippen LogP contribution in [0.4, 0.5) is 0 Å². The number of carbonyl (C=O) groups is 1. The Balaban J connectivity index is 1.35. The van der Waals surface area contributed by atoms with Gasteiger partial charge in [-0.1, -0.05) is 88.2 Å². The first-order chi connectivity index (χ1) is 22.8. The van der Waals surface area contributed by atoms with Crippen molar-refractivity contribution in [3.8, 4) is 0 Å². The number of hydrogen-bond donors (Lipinski definition) is 3. The van der Waals surface area contributed by atoms with Crippen molar-refractivity contribution in [3.63, 3.8) is 0 Å². The largest absolute Gasteiger partial charge is 0.394 e. The predicted molar refractivity (Wildman–Crippen MR) is 192 cm³/mol. The van der Waals surface area contributed by atoms with Crippen LogP contribution in [0.3, 0.4) is 0 Å². The van der Waals surface area contributed by atoms with Gasteiger partial charge in [-0.05, 0) is 86.2 Å². The fourth-order valence-electron chi connectivity index (χ4n) is 9.03. The van der Waals surface area contributed by atoms with Gasteiger partial charge in [-0.3, -0.25) is 14.5 Å². The average molecular weight is 683 g/mol. The molecule has 6 rings (SSSR count). The van der Waals surface area contributed by atoms with E-state index in [0.717, 1.165) is 55.0 Å². The van der Waals surface area contributed by atoms with E-state index in [0.29, 0.717) is 35.8 Å². The van der Waals surface area contributed by atoms with Gasteiger partial charge in [0, 0.05) is 42.7 Å². The second kappa shape index (κ2) is 15.9. The number of amides is 1. The Morgan fingerprint density at radius 1 is 1.12 bits per heavy atom. The lowest BCUT2D eigenvalue weighted by molar-refractivity contribution is -0.183. The predicted octanol–water partition coefficient (Wildman–Crippen LogP) is 5.73. The number of halogens is 1. The molecular weight excluding hydrogens is 624 g/mol. The molecule has 2 aromatic carbocycles. The first-order valence-corrected chi connectivity index (χ1v) is 18.4. The molecule has 1 unspecified atom stereocenters. The molecule has 4 aliphatic rings. The van der Waals surface area contributed by atoms with Gasteiger partial charge in [0.15, 0.2) is 0 Å². The summed E-state index contributed by atoms with van der Waals surface area (Å²) in [5, 5.41) is 27.0. The lowest BCUT2D eigenvalue weighted by Gasteiger charge is -2.62. The summed E-state index contributed by atoms with van der Waals surface area (Å²) in [7, 11) is 4.25. The van der Waals surface area contributed by atoms with Crippen LogP contribution in [-0.2, 0) is 29.3 Å². The summed E-state index contributed by atoms with van der Waals surface area (Å²) in [4.78, 5) is 25.1. The molecule has 1 aliphatic heterocycles. The van der Waals surface area contributed by atoms with Crippen LogP contribution < -0.4 is 5.32 Å². The standard InChI is InChI=1S/C39H59ClN4O4/c1-8-12-31(23-42(6)7)43(22-29-15-9-10-16-33(29)40)20-27-13-11-14-28(17-27)21-44-37(36(26(3)46)35(24-45)48-44)38(47)41-34-19-30-18-32(25(34)2)39(30,4)5/h9-11,13-17,25-26,30-32,34-37,45-46H,8,12,18-24H2,1-7H3,(H,41,47)/t25-,26-,30+,31-,32-,34-,35?,36+,37-/m0/s1. The van der Waals surface area contributed by atoms with Crippen molar-refractivity contribution in [2.24, 2.45) is 29.1 Å². The van der Waals surface area contributed by atoms with Crippen LogP contribution in [-0.4, -0.2) is 88.6 Å². The van der Waals surface area contributed by atoms with Crippen molar-refractivity contribution in [1.29, 1.82) is 0 Å². The van der Waals surface area contributed by atoms with Crippen LogP contribution in [0.25, 0.3) is 0 Å². The number of benzene rings is 2. The maximum Gasteiger partial charge on any atom is 0.240 e. The molecule has 0 spiro atoms. The Kier molecular flexibility index (Phi) is 12.3. The van der Waals surface area contributed by atoms with Crippen molar-refractivity contribution in [2.75, 3.05) is 27.2 Å². The molecule has 1 saturated heterocycles. The number of rotatable bonds is 15. The molecule has 2 bridgehead atoms. The Morgan fingerprint density at radius 3 is 2.48 bits per heavy atom. The van der Waals surface area contributed by atoms with E-state index in [1.165, 1.54) is 12.0 Å². The van der Waals surface area contributed by atoms with E-state index in [9.17, 15) is 15.0 Å². The number of aliphatic hydroxyl groups is 2. The van der Waals surface area contributed by atoms with Crippen LogP contribution >= 0.6 is 11.6 Å². The van der Waals surface area contributed by atoms with E-state index < -0.39 is 24.2 Å². The molecule has 9 heteroatoms. The van der Waals surface area contributed by atoms with Crippen LogP contribution in [0.1, 0.15) is 77.0 Å². The zero-order valence-corrected chi connectivity index (χ0v) is 30.9. The number of nitrogens with one attached hydrogen (secondary N) is 1. The summed E-state index contributed by atoms with van der Waals surface area (Å²) in [5.41, 5.74) is 3.62. The third-order valence-corrected chi connectivity index (χ3v) is 12.2.